The number of carbonyl (C=O) groups excluding carboxylic acids is 1. The van der Waals surface area contributed by atoms with Crippen LogP contribution in [0.25, 0.3) is 0 Å². The van der Waals surface area contributed by atoms with E-state index in [-0.39, 0.29) is 0 Å². The third-order valence-corrected chi connectivity index (χ3v) is 3.29. The lowest BCUT2D eigenvalue weighted by atomic mass is 10.2. The molecule has 1 aliphatic heterocycles. The molecule has 19 heavy (non-hydrogen) atoms. The fourth-order valence-electron chi connectivity index (χ4n) is 2.20. The van der Waals surface area contributed by atoms with Crippen LogP contribution in [0.2, 0.25) is 0 Å². The summed E-state index contributed by atoms with van der Waals surface area (Å²) in [5, 5.41) is 2.59. The minimum absolute atomic E-state index is 0.561. The van der Waals surface area contributed by atoms with Crippen molar-refractivity contribution in [2.45, 2.75) is 0 Å². The van der Waals surface area contributed by atoms with Crippen LogP contribution in [-0.4, -0.2) is 51.3 Å². The van der Waals surface area contributed by atoms with E-state index < -0.39 is 6.03 Å². The molecule has 0 atom stereocenters. The number of nitrogens with two attached hydrogens (primary N) is 1. The Balaban J connectivity index is 2.23. The lowest BCUT2D eigenvalue weighted by Gasteiger charge is -2.34. The molecule has 1 aromatic rings. The van der Waals surface area contributed by atoms with E-state index in [1.54, 1.807) is 13.2 Å². The van der Waals surface area contributed by atoms with Gasteiger partial charge >= 0.3 is 6.03 Å². The monoisotopic (exact) mass is 264 g/mol. The van der Waals surface area contributed by atoms with Gasteiger partial charge in [0.1, 0.15) is 5.75 Å². The Hall–Kier alpha value is -1.95. The molecule has 2 rings (SSSR count). The summed E-state index contributed by atoms with van der Waals surface area (Å²) in [6, 6.07) is 4.96. The Morgan fingerprint density at radius 3 is 2.58 bits per heavy atom. The molecule has 1 aromatic carbocycles. The van der Waals surface area contributed by atoms with Crippen molar-refractivity contribution in [2.75, 3.05) is 50.6 Å². The van der Waals surface area contributed by atoms with E-state index in [0.717, 1.165) is 37.6 Å². The number of benzene rings is 1. The molecule has 1 fully saturated rings. The number of anilines is 2. The van der Waals surface area contributed by atoms with Gasteiger partial charge in [-0.15, -0.1) is 0 Å². The Morgan fingerprint density at radius 1 is 1.32 bits per heavy atom. The van der Waals surface area contributed by atoms with E-state index in [9.17, 15) is 4.79 Å². The van der Waals surface area contributed by atoms with Crippen LogP contribution >= 0.6 is 0 Å². The van der Waals surface area contributed by atoms with Crippen molar-refractivity contribution in [3.63, 3.8) is 0 Å². The molecule has 3 N–H and O–H groups in total. The minimum atomic E-state index is -0.561. The maximum Gasteiger partial charge on any atom is 0.316 e. The Morgan fingerprint density at radius 2 is 2.00 bits per heavy atom. The zero-order valence-electron chi connectivity index (χ0n) is 11.3. The molecule has 0 spiro atoms. The number of urea groups is 1. The molecule has 1 heterocycles. The van der Waals surface area contributed by atoms with Crippen molar-refractivity contribution in [1.29, 1.82) is 0 Å². The van der Waals surface area contributed by atoms with Crippen molar-refractivity contribution >= 4 is 17.4 Å². The number of hydrogen-bond acceptors (Lipinski definition) is 4. The highest BCUT2D eigenvalue weighted by atomic mass is 16.5. The number of likely N-dealkylation sites (N-methyl/N-ethyl adjacent to an activating group) is 1. The highest BCUT2D eigenvalue weighted by Gasteiger charge is 2.18. The summed E-state index contributed by atoms with van der Waals surface area (Å²) >= 11 is 0. The molecule has 0 radical (unpaired) electrons. The largest absolute Gasteiger partial charge is 0.495 e. The Labute approximate surface area is 113 Å². The van der Waals surface area contributed by atoms with Gasteiger partial charge in [0.15, 0.2) is 0 Å². The molecule has 1 aliphatic rings. The number of rotatable bonds is 3. The standard InChI is InChI=1S/C13H20N4O2/c1-16-5-7-17(8-6-16)11-9-10(15-13(14)18)3-4-12(11)19-2/h3-4,9H,5-8H2,1-2H3,(H3,14,15,18). The van der Waals surface area contributed by atoms with Crippen LogP contribution in [0, 0.1) is 0 Å². The van der Waals surface area contributed by atoms with Gasteiger partial charge in [0.2, 0.25) is 0 Å². The first kappa shape index (κ1) is 13.5. The van der Waals surface area contributed by atoms with Crippen molar-refractivity contribution < 1.29 is 9.53 Å². The molecule has 6 nitrogen and oxygen atoms in total. The molecule has 0 aromatic heterocycles. The molecule has 0 aliphatic carbocycles. The average molecular weight is 264 g/mol. The molecule has 0 bridgehead atoms. The van der Waals surface area contributed by atoms with E-state index in [2.05, 4.69) is 22.2 Å². The van der Waals surface area contributed by atoms with Crippen LogP contribution < -0.4 is 20.7 Å². The van der Waals surface area contributed by atoms with Gasteiger partial charge in [-0.1, -0.05) is 0 Å². The molecular weight excluding hydrogens is 244 g/mol. The summed E-state index contributed by atoms with van der Waals surface area (Å²) in [5.74, 6) is 0.805. The first-order chi connectivity index (χ1) is 9.10. The van der Waals surface area contributed by atoms with Gasteiger partial charge in [0.25, 0.3) is 0 Å². The van der Waals surface area contributed by atoms with E-state index in [1.165, 1.54) is 0 Å². The maximum absolute atomic E-state index is 10.9. The summed E-state index contributed by atoms with van der Waals surface area (Å²) < 4.78 is 5.39. The van der Waals surface area contributed by atoms with E-state index in [0.29, 0.717) is 5.69 Å². The second kappa shape index (κ2) is 5.79. The van der Waals surface area contributed by atoms with Crippen LogP contribution in [0.5, 0.6) is 5.75 Å². The van der Waals surface area contributed by atoms with Gasteiger partial charge in [-0.2, -0.15) is 0 Å². The van der Waals surface area contributed by atoms with E-state index in [1.807, 2.05) is 12.1 Å². The van der Waals surface area contributed by atoms with Crippen molar-refractivity contribution in [3.05, 3.63) is 18.2 Å². The number of primary amides is 1. The third-order valence-electron chi connectivity index (χ3n) is 3.29. The zero-order chi connectivity index (χ0) is 13.8. The summed E-state index contributed by atoms with van der Waals surface area (Å²) in [4.78, 5) is 15.5. The van der Waals surface area contributed by atoms with Gasteiger partial charge < -0.3 is 25.6 Å². The number of hydrogen-bond donors (Lipinski definition) is 2. The van der Waals surface area contributed by atoms with Gasteiger partial charge in [-0.3, -0.25) is 0 Å². The molecule has 1 saturated heterocycles. The zero-order valence-corrected chi connectivity index (χ0v) is 11.3. The predicted octanol–water partition coefficient (Wildman–Crippen LogP) is 0.938. The van der Waals surface area contributed by atoms with Crippen LogP contribution in [0.4, 0.5) is 16.2 Å². The Bertz CT molecular complexity index is 456. The first-order valence-electron chi connectivity index (χ1n) is 6.28. The summed E-state index contributed by atoms with van der Waals surface area (Å²) in [6.07, 6.45) is 0. The lowest BCUT2D eigenvalue weighted by molar-refractivity contribution is 0.259. The van der Waals surface area contributed by atoms with Gasteiger partial charge in [0.05, 0.1) is 12.8 Å². The summed E-state index contributed by atoms with van der Waals surface area (Å²) in [5.41, 5.74) is 6.81. The van der Waals surface area contributed by atoms with Gasteiger partial charge in [-0.25, -0.2) is 4.79 Å². The van der Waals surface area contributed by atoms with Crippen molar-refractivity contribution in [2.24, 2.45) is 5.73 Å². The molecule has 6 heteroatoms. The quantitative estimate of drug-likeness (QED) is 0.852. The van der Waals surface area contributed by atoms with Crippen LogP contribution in [-0.2, 0) is 0 Å². The smallest absolute Gasteiger partial charge is 0.316 e. The van der Waals surface area contributed by atoms with Crippen molar-refractivity contribution in [3.8, 4) is 5.75 Å². The topological polar surface area (TPSA) is 70.8 Å². The van der Waals surface area contributed by atoms with Crippen LogP contribution in [0.3, 0.4) is 0 Å². The normalized spacial score (nSPS) is 16.2. The number of amides is 2. The number of ether oxygens (including phenoxy) is 1. The average Bonchev–Trinajstić information content (AvgIpc) is 2.39. The third kappa shape index (κ3) is 3.29. The predicted molar refractivity (Wildman–Crippen MR) is 75.9 cm³/mol. The van der Waals surface area contributed by atoms with Crippen LogP contribution in [0.15, 0.2) is 18.2 Å². The molecule has 0 unspecified atom stereocenters. The second-order valence-corrected chi connectivity index (χ2v) is 4.67. The highest BCUT2D eigenvalue weighted by molar-refractivity contribution is 5.89. The molecule has 104 valence electrons. The number of nitrogens with one attached hydrogen (secondary N) is 1. The number of nitrogens with zero attached hydrogens (tertiary/aromatic N) is 2. The fraction of sp³-hybridized carbons (Fsp3) is 0.462. The minimum Gasteiger partial charge on any atom is -0.495 e. The first-order valence-corrected chi connectivity index (χ1v) is 6.28. The van der Waals surface area contributed by atoms with Crippen molar-refractivity contribution in [1.82, 2.24) is 4.90 Å². The van der Waals surface area contributed by atoms with Gasteiger partial charge in [-0.05, 0) is 25.2 Å². The highest BCUT2D eigenvalue weighted by Crippen LogP contribution is 2.31. The van der Waals surface area contributed by atoms with Gasteiger partial charge in [0, 0.05) is 31.9 Å². The summed E-state index contributed by atoms with van der Waals surface area (Å²) in [7, 11) is 3.76. The number of methoxy groups -OCH3 is 1. The number of piperazine rings is 1. The maximum atomic E-state index is 10.9. The van der Waals surface area contributed by atoms with E-state index in [4.69, 9.17) is 10.5 Å². The SMILES string of the molecule is COc1ccc(NC(N)=O)cc1N1CCN(C)CC1. The fourth-order valence-corrected chi connectivity index (χ4v) is 2.20. The molecule has 2 amide bonds. The molecule has 0 saturated carbocycles. The Kier molecular flexibility index (Phi) is 4.11. The second-order valence-electron chi connectivity index (χ2n) is 4.67. The van der Waals surface area contributed by atoms with E-state index >= 15 is 0 Å². The summed E-state index contributed by atoms with van der Waals surface area (Å²) in [6.45, 7) is 3.90. The number of carbonyl (C=O) groups is 1. The lowest BCUT2D eigenvalue weighted by Crippen LogP contribution is -2.44. The molecular formula is C13H20N4O2. The van der Waals surface area contributed by atoms with Crippen LogP contribution in [0.1, 0.15) is 0 Å².